The van der Waals surface area contributed by atoms with Crippen LogP contribution < -0.4 is 10.1 Å². The molecule has 0 saturated carbocycles. The van der Waals surface area contributed by atoms with Crippen LogP contribution in [-0.2, 0) is 11.2 Å². The van der Waals surface area contributed by atoms with Crippen LogP contribution in [0.15, 0.2) is 42.0 Å². The first kappa shape index (κ1) is 14.5. The minimum Gasteiger partial charge on any atom is -0.488 e. The van der Waals surface area contributed by atoms with E-state index in [-0.39, 0.29) is 5.91 Å². The Labute approximate surface area is 132 Å². The van der Waals surface area contributed by atoms with E-state index in [9.17, 15) is 4.79 Å². The van der Waals surface area contributed by atoms with Crippen molar-refractivity contribution in [2.45, 2.75) is 13.3 Å². The fraction of sp³-hybridized carbons (Fsp3) is 0.188. The second-order valence-corrected chi connectivity index (χ2v) is 5.78. The Hall–Kier alpha value is -2.47. The number of rotatable bonds is 4. The summed E-state index contributed by atoms with van der Waals surface area (Å²) >= 11 is 1.39. The second-order valence-electron chi connectivity index (χ2n) is 4.72. The van der Waals surface area contributed by atoms with Crippen LogP contribution in [0.25, 0.3) is 6.08 Å². The lowest BCUT2D eigenvalue weighted by Gasteiger charge is -2.15. The van der Waals surface area contributed by atoms with Crippen LogP contribution in [0.3, 0.4) is 0 Å². The topological polar surface area (TPSA) is 64.1 Å². The average molecular weight is 313 g/mol. The van der Waals surface area contributed by atoms with E-state index >= 15 is 0 Å². The van der Waals surface area contributed by atoms with Crippen LogP contribution in [0.1, 0.15) is 17.5 Å². The molecule has 5 nitrogen and oxygen atoms in total. The van der Waals surface area contributed by atoms with Gasteiger partial charge in [0, 0.05) is 11.6 Å². The predicted octanol–water partition coefficient (Wildman–Crippen LogP) is 3.07. The smallest absolute Gasteiger partial charge is 0.250 e. The maximum atomic E-state index is 11.9. The van der Waals surface area contributed by atoms with Crippen molar-refractivity contribution in [3.63, 3.8) is 0 Å². The van der Waals surface area contributed by atoms with E-state index in [0.29, 0.717) is 11.7 Å². The maximum absolute atomic E-state index is 11.9. The van der Waals surface area contributed by atoms with Gasteiger partial charge >= 0.3 is 0 Å². The normalized spacial score (nSPS) is 13.4. The highest BCUT2D eigenvalue weighted by Crippen LogP contribution is 2.26. The number of aryl methyl sites for hydroxylation is 1. The third kappa shape index (κ3) is 3.40. The summed E-state index contributed by atoms with van der Waals surface area (Å²) in [5.41, 5.74) is 1.96. The Morgan fingerprint density at radius 2 is 2.27 bits per heavy atom. The van der Waals surface area contributed by atoms with E-state index in [1.807, 2.05) is 37.3 Å². The molecule has 112 valence electrons. The van der Waals surface area contributed by atoms with Gasteiger partial charge in [0.2, 0.25) is 11.0 Å². The number of amides is 1. The molecule has 0 radical (unpaired) electrons. The first-order valence-corrected chi connectivity index (χ1v) is 7.80. The Kier molecular flexibility index (Phi) is 4.29. The molecule has 1 aliphatic rings. The van der Waals surface area contributed by atoms with Gasteiger partial charge in [-0.2, -0.15) is 0 Å². The molecule has 3 rings (SSSR count). The van der Waals surface area contributed by atoms with Crippen LogP contribution in [0.2, 0.25) is 0 Å². The van der Waals surface area contributed by atoms with Crippen molar-refractivity contribution in [1.82, 2.24) is 10.2 Å². The Morgan fingerprint density at radius 1 is 1.41 bits per heavy atom. The highest BCUT2D eigenvalue weighted by Gasteiger charge is 2.09. The summed E-state index contributed by atoms with van der Waals surface area (Å²) in [6, 6.07) is 7.81. The number of fused-ring (bicyclic) bond motifs is 1. The van der Waals surface area contributed by atoms with Gasteiger partial charge in [0.1, 0.15) is 17.4 Å². The molecule has 1 aromatic heterocycles. The first-order valence-electron chi connectivity index (χ1n) is 6.98. The summed E-state index contributed by atoms with van der Waals surface area (Å²) in [5, 5.41) is 12.0. The third-order valence-corrected chi connectivity index (χ3v) is 4.09. The maximum Gasteiger partial charge on any atom is 0.250 e. The zero-order valence-corrected chi connectivity index (χ0v) is 12.9. The van der Waals surface area contributed by atoms with E-state index in [1.165, 1.54) is 17.4 Å². The van der Waals surface area contributed by atoms with E-state index < -0.39 is 0 Å². The molecule has 0 bridgehead atoms. The molecule has 2 aromatic rings. The van der Waals surface area contributed by atoms with E-state index in [0.717, 1.165) is 28.3 Å². The number of benzene rings is 1. The molecule has 0 spiro atoms. The second kappa shape index (κ2) is 6.53. The summed E-state index contributed by atoms with van der Waals surface area (Å²) in [5.74, 6) is 0.642. The summed E-state index contributed by atoms with van der Waals surface area (Å²) in [6.45, 7) is 2.46. The molecule has 0 saturated heterocycles. The standard InChI is InChI=1S/C16H15N3O2S/c1-2-15-18-19-16(22-15)17-14(20)8-7-11-9-12-5-3-4-6-13(12)21-10-11/h3-9H,2,10H2,1H3,(H,17,19,20)/b8-7+. The molecule has 1 aromatic carbocycles. The average Bonchev–Trinajstić information content (AvgIpc) is 3.00. The summed E-state index contributed by atoms with van der Waals surface area (Å²) in [4.78, 5) is 11.9. The van der Waals surface area contributed by atoms with Crippen molar-refractivity contribution < 1.29 is 9.53 Å². The number of anilines is 1. The summed E-state index contributed by atoms with van der Waals surface area (Å²) in [7, 11) is 0. The molecule has 2 heterocycles. The number of aromatic nitrogens is 2. The van der Waals surface area contributed by atoms with Crippen molar-refractivity contribution in [3.8, 4) is 5.75 Å². The van der Waals surface area contributed by atoms with Gasteiger partial charge in [-0.05, 0) is 24.1 Å². The summed E-state index contributed by atoms with van der Waals surface area (Å²) < 4.78 is 5.63. The Balaban J connectivity index is 1.64. The molecule has 6 heteroatoms. The van der Waals surface area contributed by atoms with Crippen molar-refractivity contribution in [3.05, 3.63) is 52.6 Å². The van der Waals surface area contributed by atoms with Gasteiger partial charge in [0.15, 0.2) is 0 Å². The Morgan fingerprint density at radius 3 is 3.09 bits per heavy atom. The van der Waals surface area contributed by atoms with Crippen LogP contribution in [0.5, 0.6) is 5.75 Å². The lowest BCUT2D eigenvalue weighted by molar-refractivity contribution is -0.111. The lowest BCUT2D eigenvalue weighted by Crippen LogP contribution is -2.09. The fourth-order valence-corrected chi connectivity index (χ4v) is 2.69. The van der Waals surface area contributed by atoms with Gasteiger partial charge in [-0.3, -0.25) is 10.1 Å². The zero-order valence-electron chi connectivity index (χ0n) is 12.1. The third-order valence-electron chi connectivity index (χ3n) is 3.10. The summed E-state index contributed by atoms with van der Waals surface area (Å²) in [6.07, 6.45) is 6.07. The van der Waals surface area contributed by atoms with Crippen molar-refractivity contribution >= 4 is 28.5 Å². The van der Waals surface area contributed by atoms with Crippen LogP contribution >= 0.6 is 11.3 Å². The highest BCUT2D eigenvalue weighted by atomic mass is 32.1. The number of hydrogen-bond donors (Lipinski definition) is 1. The number of nitrogens with zero attached hydrogens (tertiary/aromatic N) is 2. The highest BCUT2D eigenvalue weighted by molar-refractivity contribution is 7.15. The molecule has 1 N–H and O–H groups in total. The monoisotopic (exact) mass is 313 g/mol. The van der Waals surface area contributed by atoms with Crippen molar-refractivity contribution in [2.24, 2.45) is 0 Å². The van der Waals surface area contributed by atoms with E-state index in [2.05, 4.69) is 15.5 Å². The van der Waals surface area contributed by atoms with Crippen LogP contribution in [-0.4, -0.2) is 22.7 Å². The van der Waals surface area contributed by atoms with E-state index in [1.54, 1.807) is 6.08 Å². The number of ether oxygens (including phenoxy) is 1. The largest absolute Gasteiger partial charge is 0.488 e. The molecular weight excluding hydrogens is 298 g/mol. The molecule has 1 aliphatic heterocycles. The molecular formula is C16H15N3O2S. The van der Waals surface area contributed by atoms with Gasteiger partial charge in [-0.25, -0.2) is 0 Å². The van der Waals surface area contributed by atoms with Crippen molar-refractivity contribution in [1.29, 1.82) is 0 Å². The van der Waals surface area contributed by atoms with Gasteiger partial charge in [0.25, 0.3) is 0 Å². The minimum absolute atomic E-state index is 0.224. The van der Waals surface area contributed by atoms with Crippen LogP contribution in [0, 0.1) is 0 Å². The quantitative estimate of drug-likeness (QED) is 0.881. The van der Waals surface area contributed by atoms with Crippen molar-refractivity contribution in [2.75, 3.05) is 11.9 Å². The number of nitrogens with one attached hydrogen (secondary N) is 1. The number of para-hydroxylation sites is 1. The van der Waals surface area contributed by atoms with E-state index in [4.69, 9.17) is 4.74 Å². The van der Waals surface area contributed by atoms with Gasteiger partial charge in [0.05, 0.1) is 0 Å². The predicted molar refractivity (Wildman–Crippen MR) is 87.0 cm³/mol. The van der Waals surface area contributed by atoms with Gasteiger partial charge < -0.3 is 4.74 Å². The molecule has 0 atom stereocenters. The molecule has 22 heavy (non-hydrogen) atoms. The number of carbonyl (C=O) groups excluding carboxylic acids is 1. The van der Waals surface area contributed by atoms with Crippen LogP contribution in [0.4, 0.5) is 5.13 Å². The molecule has 0 aliphatic carbocycles. The Bertz CT molecular complexity index is 749. The number of carbonyl (C=O) groups is 1. The first-order chi connectivity index (χ1) is 10.7. The SMILES string of the molecule is CCc1nnc(NC(=O)/C=C/C2=Cc3ccccc3OC2)s1. The lowest BCUT2D eigenvalue weighted by atomic mass is 10.1. The molecule has 0 fully saturated rings. The minimum atomic E-state index is -0.224. The zero-order chi connectivity index (χ0) is 15.4. The molecule has 0 unspecified atom stereocenters. The molecule has 1 amide bonds. The fourth-order valence-electron chi connectivity index (χ4n) is 2.01. The van der Waals surface area contributed by atoms with Gasteiger partial charge in [-0.15, -0.1) is 10.2 Å². The number of hydrogen-bond acceptors (Lipinski definition) is 5. The van der Waals surface area contributed by atoms with Gasteiger partial charge in [-0.1, -0.05) is 42.5 Å².